The fraction of sp³-hybridized carbons (Fsp3) is 0.190. The Hall–Kier alpha value is -2.41. The average Bonchev–Trinajstić information content (AvgIpc) is 2.51. The van der Waals surface area contributed by atoms with Crippen molar-refractivity contribution < 1.29 is 4.57 Å². The summed E-state index contributed by atoms with van der Waals surface area (Å²) in [5.74, 6) is 0. The van der Waals surface area contributed by atoms with Crippen molar-refractivity contribution in [2.75, 3.05) is 0 Å². The zero-order valence-corrected chi connectivity index (χ0v) is 13.7. The van der Waals surface area contributed by atoms with E-state index in [-0.39, 0.29) is 0 Å². The Morgan fingerprint density at radius 1 is 0.682 bits per heavy atom. The van der Waals surface area contributed by atoms with Crippen LogP contribution in [0.2, 0.25) is 0 Å². The van der Waals surface area contributed by atoms with Crippen LogP contribution in [-0.2, 0) is 7.05 Å². The number of pyridine rings is 1. The van der Waals surface area contributed by atoms with E-state index in [1.165, 1.54) is 39.1 Å². The maximum atomic E-state index is 2.28. The van der Waals surface area contributed by atoms with Crippen molar-refractivity contribution >= 4 is 0 Å². The highest BCUT2D eigenvalue weighted by atomic mass is 14.9. The molecule has 1 heterocycles. The lowest BCUT2D eigenvalue weighted by molar-refractivity contribution is -0.660. The summed E-state index contributed by atoms with van der Waals surface area (Å²) >= 11 is 0. The minimum atomic E-state index is 1.24. The predicted octanol–water partition coefficient (Wildman–Crippen LogP) is 4.77. The third-order valence-electron chi connectivity index (χ3n) is 4.41. The van der Waals surface area contributed by atoms with Crippen molar-refractivity contribution in [3.8, 4) is 22.4 Å². The Bertz CT molecular complexity index is 831. The van der Waals surface area contributed by atoms with Gasteiger partial charge in [-0.05, 0) is 54.7 Å². The van der Waals surface area contributed by atoms with Gasteiger partial charge in [-0.2, -0.15) is 0 Å². The number of benzene rings is 2. The predicted molar refractivity (Wildman–Crippen MR) is 92.7 cm³/mol. The minimum absolute atomic E-state index is 1.24. The van der Waals surface area contributed by atoms with Crippen molar-refractivity contribution in [1.82, 2.24) is 0 Å². The van der Waals surface area contributed by atoms with E-state index in [2.05, 4.69) is 93.2 Å². The molecule has 1 aromatic heterocycles. The van der Waals surface area contributed by atoms with E-state index in [4.69, 9.17) is 0 Å². The molecule has 0 amide bonds. The zero-order valence-electron chi connectivity index (χ0n) is 13.7. The number of hydrogen-bond acceptors (Lipinski definition) is 0. The maximum absolute atomic E-state index is 2.28. The van der Waals surface area contributed by atoms with E-state index in [1.807, 2.05) is 0 Å². The smallest absolute Gasteiger partial charge is 0.201 e. The van der Waals surface area contributed by atoms with Gasteiger partial charge in [-0.15, -0.1) is 0 Å². The number of nitrogens with zero attached hydrogens (tertiary/aromatic N) is 1. The third-order valence-corrected chi connectivity index (χ3v) is 4.41. The molecule has 3 rings (SSSR count). The molecule has 0 unspecified atom stereocenters. The molecule has 0 spiro atoms. The summed E-state index contributed by atoms with van der Waals surface area (Å²) in [5, 5.41) is 0. The molecule has 3 aromatic rings. The van der Waals surface area contributed by atoms with Gasteiger partial charge in [0.25, 0.3) is 0 Å². The molecule has 1 nitrogen and oxygen atoms in total. The van der Waals surface area contributed by atoms with E-state index < -0.39 is 0 Å². The summed E-state index contributed by atoms with van der Waals surface area (Å²) in [7, 11) is 2.10. The van der Waals surface area contributed by atoms with Crippen LogP contribution in [0.1, 0.15) is 16.7 Å². The maximum Gasteiger partial charge on any atom is 0.213 e. The molecular weight excluding hydrogens is 266 g/mol. The van der Waals surface area contributed by atoms with Gasteiger partial charge in [0.15, 0.2) is 6.20 Å². The first-order valence-corrected chi connectivity index (χ1v) is 7.69. The molecule has 2 aromatic carbocycles. The molecule has 1 heteroatoms. The molecule has 0 saturated heterocycles. The summed E-state index contributed by atoms with van der Waals surface area (Å²) in [6, 6.07) is 19.7. The first-order chi connectivity index (χ1) is 10.6. The lowest BCUT2D eigenvalue weighted by Gasteiger charge is -2.08. The second-order valence-corrected chi connectivity index (χ2v) is 6.03. The SMILES string of the molecule is Cc1ccc(-c2cc[n+](C)c(-c3ccccc3C)c2)cc1C. The molecule has 0 atom stereocenters. The Morgan fingerprint density at radius 2 is 1.41 bits per heavy atom. The second-order valence-electron chi connectivity index (χ2n) is 6.03. The Balaban J connectivity index is 2.14. The van der Waals surface area contributed by atoms with Crippen molar-refractivity contribution in [3.05, 3.63) is 77.5 Å². The van der Waals surface area contributed by atoms with Crippen molar-refractivity contribution in [2.24, 2.45) is 7.05 Å². The molecule has 0 saturated carbocycles. The molecule has 22 heavy (non-hydrogen) atoms. The highest BCUT2D eigenvalue weighted by molar-refractivity contribution is 5.70. The minimum Gasteiger partial charge on any atom is -0.201 e. The van der Waals surface area contributed by atoms with Gasteiger partial charge >= 0.3 is 0 Å². The average molecular weight is 288 g/mol. The monoisotopic (exact) mass is 288 g/mol. The molecule has 0 fully saturated rings. The standard InChI is InChI=1S/C21H22N/c1-15-9-10-18(13-17(15)3)19-11-12-22(4)21(14-19)20-8-6-5-7-16(20)2/h5-14H,1-4H3/q+1. The van der Waals surface area contributed by atoms with Crippen LogP contribution in [-0.4, -0.2) is 0 Å². The molecule has 0 radical (unpaired) electrons. The molecule has 0 bridgehead atoms. The third kappa shape index (κ3) is 2.67. The normalized spacial score (nSPS) is 10.7. The molecular formula is C21H22N+. The Kier molecular flexibility index (Phi) is 3.81. The van der Waals surface area contributed by atoms with Gasteiger partial charge < -0.3 is 0 Å². The van der Waals surface area contributed by atoms with E-state index in [0.29, 0.717) is 0 Å². The summed E-state index contributed by atoms with van der Waals surface area (Å²) < 4.78 is 2.19. The summed E-state index contributed by atoms with van der Waals surface area (Å²) in [5.41, 5.74) is 9.05. The van der Waals surface area contributed by atoms with E-state index in [1.54, 1.807) is 0 Å². The molecule has 0 N–H and O–H groups in total. The number of rotatable bonds is 2. The van der Waals surface area contributed by atoms with E-state index in [9.17, 15) is 0 Å². The van der Waals surface area contributed by atoms with Gasteiger partial charge in [-0.3, -0.25) is 0 Å². The van der Waals surface area contributed by atoms with Crippen LogP contribution in [0.5, 0.6) is 0 Å². The van der Waals surface area contributed by atoms with Crippen molar-refractivity contribution in [1.29, 1.82) is 0 Å². The van der Waals surface area contributed by atoms with Crippen LogP contribution in [0.25, 0.3) is 22.4 Å². The fourth-order valence-electron chi connectivity index (χ4n) is 2.80. The second kappa shape index (κ2) is 5.76. The fourth-order valence-corrected chi connectivity index (χ4v) is 2.80. The molecule has 0 aliphatic rings. The first kappa shape index (κ1) is 14.5. The highest BCUT2D eigenvalue weighted by Crippen LogP contribution is 2.26. The van der Waals surface area contributed by atoms with Crippen molar-refractivity contribution in [3.63, 3.8) is 0 Å². The van der Waals surface area contributed by atoms with E-state index in [0.717, 1.165) is 0 Å². The summed E-state index contributed by atoms with van der Waals surface area (Å²) in [6.45, 7) is 6.49. The first-order valence-electron chi connectivity index (χ1n) is 7.69. The lowest BCUT2D eigenvalue weighted by Crippen LogP contribution is -2.30. The van der Waals surface area contributed by atoms with Crippen molar-refractivity contribution in [2.45, 2.75) is 20.8 Å². The van der Waals surface area contributed by atoms with Crippen LogP contribution in [0.4, 0.5) is 0 Å². The van der Waals surface area contributed by atoms with Gasteiger partial charge in [0.2, 0.25) is 5.69 Å². The van der Waals surface area contributed by atoms with Crippen LogP contribution >= 0.6 is 0 Å². The Labute approximate surface area is 132 Å². The molecule has 0 aliphatic heterocycles. The number of aromatic nitrogens is 1. The molecule has 110 valence electrons. The topological polar surface area (TPSA) is 3.88 Å². The number of hydrogen-bond donors (Lipinski definition) is 0. The zero-order chi connectivity index (χ0) is 15.7. The summed E-state index contributed by atoms with van der Waals surface area (Å²) in [4.78, 5) is 0. The van der Waals surface area contributed by atoms with Crippen LogP contribution < -0.4 is 4.57 Å². The van der Waals surface area contributed by atoms with Crippen LogP contribution in [0, 0.1) is 20.8 Å². The lowest BCUT2D eigenvalue weighted by atomic mass is 9.98. The van der Waals surface area contributed by atoms with Crippen LogP contribution in [0.3, 0.4) is 0 Å². The van der Waals surface area contributed by atoms with Crippen LogP contribution in [0.15, 0.2) is 60.8 Å². The van der Waals surface area contributed by atoms with Gasteiger partial charge in [-0.25, -0.2) is 4.57 Å². The number of aryl methyl sites for hydroxylation is 4. The molecule has 0 aliphatic carbocycles. The largest absolute Gasteiger partial charge is 0.213 e. The highest BCUT2D eigenvalue weighted by Gasteiger charge is 2.13. The Morgan fingerprint density at radius 3 is 2.14 bits per heavy atom. The van der Waals surface area contributed by atoms with Gasteiger partial charge in [0.05, 0.1) is 0 Å². The quantitative estimate of drug-likeness (QED) is 0.598. The van der Waals surface area contributed by atoms with Gasteiger partial charge in [-0.1, -0.05) is 36.4 Å². The van der Waals surface area contributed by atoms with Gasteiger partial charge in [0, 0.05) is 17.7 Å². The van der Waals surface area contributed by atoms with E-state index >= 15 is 0 Å². The van der Waals surface area contributed by atoms with Gasteiger partial charge in [0.1, 0.15) is 7.05 Å². The summed E-state index contributed by atoms with van der Waals surface area (Å²) in [6.07, 6.45) is 2.15.